The van der Waals surface area contributed by atoms with E-state index in [1.165, 1.54) is 0 Å². The second-order valence-corrected chi connectivity index (χ2v) is 3.43. The number of halogens is 1. The summed E-state index contributed by atoms with van der Waals surface area (Å²) in [7, 11) is 0. The second-order valence-electron chi connectivity index (χ2n) is 3.43. The molecule has 94 valence electrons. The van der Waals surface area contributed by atoms with Crippen LogP contribution in [-0.4, -0.2) is 21.2 Å². The third-order valence-corrected chi connectivity index (χ3v) is 2.21. The minimum Gasteiger partial charge on any atom is -0.478 e. The molecule has 0 spiro atoms. The molecule has 1 heterocycles. The van der Waals surface area contributed by atoms with Gasteiger partial charge in [-0.25, -0.2) is 9.18 Å². The number of nitrogens with two attached hydrogens (primary N) is 1. The van der Waals surface area contributed by atoms with E-state index in [1.807, 2.05) is 0 Å². The summed E-state index contributed by atoms with van der Waals surface area (Å²) in [5.41, 5.74) is 5.52. The van der Waals surface area contributed by atoms with Crippen molar-refractivity contribution in [3.63, 3.8) is 0 Å². The monoisotopic (exact) mass is 252 g/mol. The van der Waals surface area contributed by atoms with Crippen molar-refractivity contribution in [1.82, 2.24) is 10.1 Å². The van der Waals surface area contributed by atoms with E-state index in [2.05, 4.69) is 20.0 Å². The van der Waals surface area contributed by atoms with Crippen LogP contribution in [0.15, 0.2) is 23.0 Å². The lowest BCUT2D eigenvalue weighted by Gasteiger charge is -2.09. The highest BCUT2D eigenvalue weighted by Crippen LogP contribution is 2.23. The summed E-state index contributed by atoms with van der Waals surface area (Å²) in [5.74, 6) is -1.87. The molecule has 0 atom stereocenters. The molecule has 0 fully saturated rings. The van der Waals surface area contributed by atoms with E-state index in [0.29, 0.717) is 5.82 Å². The predicted molar refractivity (Wildman–Crippen MR) is 59.4 cm³/mol. The minimum atomic E-state index is -1.37. The van der Waals surface area contributed by atoms with Crippen LogP contribution in [0.1, 0.15) is 16.2 Å². The Kier molecular flexibility index (Phi) is 3.09. The Hall–Kier alpha value is -2.64. The average molecular weight is 252 g/mol. The normalized spacial score (nSPS) is 10.3. The van der Waals surface area contributed by atoms with E-state index in [9.17, 15) is 9.18 Å². The molecular weight excluding hydrogens is 243 g/mol. The second kappa shape index (κ2) is 4.70. The standard InChI is InChI=1S/C10H9FN4O3/c11-6-2-8(7(12)1-5(6)10(16)17)13-3-9-14-4-18-15-9/h1-2,4,13H,3,12H2,(H,16,17). The number of nitrogens with zero attached hydrogens (tertiary/aromatic N) is 2. The number of aromatic carboxylic acids is 1. The summed E-state index contributed by atoms with van der Waals surface area (Å²) in [6.45, 7) is 0.187. The van der Waals surface area contributed by atoms with Crippen LogP contribution < -0.4 is 11.1 Å². The van der Waals surface area contributed by atoms with E-state index in [1.54, 1.807) is 0 Å². The highest BCUT2D eigenvalue weighted by Gasteiger charge is 2.13. The molecule has 0 bridgehead atoms. The number of anilines is 2. The van der Waals surface area contributed by atoms with Gasteiger partial charge in [0.1, 0.15) is 5.82 Å². The van der Waals surface area contributed by atoms with E-state index >= 15 is 0 Å². The van der Waals surface area contributed by atoms with Crippen LogP contribution in [0.5, 0.6) is 0 Å². The lowest BCUT2D eigenvalue weighted by Crippen LogP contribution is -2.07. The van der Waals surface area contributed by atoms with Gasteiger partial charge < -0.3 is 20.7 Å². The van der Waals surface area contributed by atoms with Gasteiger partial charge in [0.25, 0.3) is 0 Å². The number of carboxylic acid groups (broad SMARTS) is 1. The Morgan fingerprint density at radius 3 is 2.94 bits per heavy atom. The van der Waals surface area contributed by atoms with Crippen molar-refractivity contribution in [3.05, 3.63) is 35.7 Å². The average Bonchev–Trinajstić information content (AvgIpc) is 2.82. The Balaban J connectivity index is 2.19. The van der Waals surface area contributed by atoms with E-state index < -0.39 is 17.3 Å². The van der Waals surface area contributed by atoms with E-state index in [-0.39, 0.29) is 17.9 Å². The fraction of sp³-hybridized carbons (Fsp3) is 0.100. The van der Waals surface area contributed by atoms with Crippen LogP contribution in [0, 0.1) is 5.82 Å². The Bertz CT molecular complexity index is 571. The van der Waals surface area contributed by atoms with Gasteiger partial charge in [-0.2, -0.15) is 4.98 Å². The number of hydrogen-bond acceptors (Lipinski definition) is 6. The third-order valence-electron chi connectivity index (χ3n) is 2.21. The first-order valence-electron chi connectivity index (χ1n) is 4.89. The molecule has 0 radical (unpaired) electrons. The SMILES string of the molecule is Nc1cc(C(=O)O)c(F)cc1NCc1ncon1. The molecule has 18 heavy (non-hydrogen) atoms. The maximum atomic E-state index is 13.4. The van der Waals surface area contributed by atoms with Gasteiger partial charge in [0.15, 0.2) is 5.82 Å². The fourth-order valence-electron chi connectivity index (χ4n) is 1.35. The molecule has 2 aromatic rings. The highest BCUT2D eigenvalue weighted by atomic mass is 19.1. The van der Waals surface area contributed by atoms with Gasteiger partial charge in [-0.3, -0.25) is 0 Å². The number of rotatable bonds is 4. The number of carbonyl (C=O) groups is 1. The number of hydrogen-bond donors (Lipinski definition) is 3. The topological polar surface area (TPSA) is 114 Å². The van der Waals surface area contributed by atoms with E-state index in [4.69, 9.17) is 10.8 Å². The molecule has 0 saturated heterocycles. The first-order valence-corrected chi connectivity index (χ1v) is 4.89. The Morgan fingerprint density at radius 2 is 2.33 bits per heavy atom. The van der Waals surface area contributed by atoms with Gasteiger partial charge in [-0.05, 0) is 12.1 Å². The smallest absolute Gasteiger partial charge is 0.338 e. The van der Waals surface area contributed by atoms with Crippen LogP contribution in [0.25, 0.3) is 0 Å². The molecular formula is C10H9FN4O3. The maximum absolute atomic E-state index is 13.4. The van der Waals surface area contributed by atoms with Crippen LogP contribution in [0.2, 0.25) is 0 Å². The molecule has 1 aromatic heterocycles. The van der Waals surface area contributed by atoms with E-state index in [0.717, 1.165) is 18.5 Å². The summed E-state index contributed by atoms with van der Waals surface area (Å²) in [5, 5.41) is 15.0. The van der Waals surface area contributed by atoms with Gasteiger partial charge in [0, 0.05) is 0 Å². The van der Waals surface area contributed by atoms with Crippen molar-refractivity contribution in [2.24, 2.45) is 0 Å². The van der Waals surface area contributed by atoms with Crippen molar-refractivity contribution in [2.75, 3.05) is 11.1 Å². The molecule has 1 aromatic carbocycles. The van der Waals surface area contributed by atoms with Crippen molar-refractivity contribution >= 4 is 17.3 Å². The van der Waals surface area contributed by atoms with Crippen LogP contribution in [0.4, 0.5) is 15.8 Å². The Morgan fingerprint density at radius 1 is 1.56 bits per heavy atom. The number of nitrogen functional groups attached to an aromatic ring is 1. The third kappa shape index (κ3) is 2.37. The molecule has 0 saturated carbocycles. The largest absolute Gasteiger partial charge is 0.478 e. The van der Waals surface area contributed by atoms with Crippen molar-refractivity contribution in [1.29, 1.82) is 0 Å². The molecule has 7 nitrogen and oxygen atoms in total. The number of nitrogens with one attached hydrogen (secondary N) is 1. The van der Waals surface area contributed by atoms with Crippen molar-refractivity contribution in [3.8, 4) is 0 Å². The summed E-state index contributed by atoms with van der Waals surface area (Å²) < 4.78 is 17.9. The van der Waals surface area contributed by atoms with Crippen molar-refractivity contribution < 1.29 is 18.8 Å². The number of aromatic nitrogens is 2. The number of benzene rings is 1. The Labute approximate surface area is 100 Å². The van der Waals surface area contributed by atoms with Gasteiger partial charge in [-0.15, -0.1) is 0 Å². The summed E-state index contributed by atoms with van der Waals surface area (Å²) in [4.78, 5) is 14.4. The zero-order valence-electron chi connectivity index (χ0n) is 9.05. The van der Waals surface area contributed by atoms with Gasteiger partial charge in [0.05, 0.1) is 23.5 Å². The quantitative estimate of drug-likeness (QED) is 0.698. The fourth-order valence-corrected chi connectivity index (χ4v) is 1.35. The predicted octanol–water partition coefficient (Wildman–Crippen LogP) is 1.10. The summed E-state index contributed by atoms with van der Waals surface area (Å²) >= 11 is 0. The maximum Gasteiger partial charge on any atom is 0.338 e. The highest BCUT2D eigenvalue weighted by molar-refractivity contribution is 5.90. The minimum absolute atomic E-state index is 0.122. The zero-order valence-corrected chi connectivity index (χ0v) is 9.05. The van der Waals surface area contributed by atoms with Gasteiger partial charge in [-0.1, -0.05) is 5.16 Å². The first kappa shape index (κ1) is 11.8. The van der Waals surface area contributed by atoms with Gasteiger partial charge >= 0.3 is 5.97 Å². The molecule has 8 heteroatoms. The molecule has 4 N–H and O–H groups in total. The molecule has 0 unspecified atom stereocenters. The first-order chi connectivity index (χ1) is 8.58. The van der Waals surface area contributed by atoms with Crippen LogP contribution in [0.3, 0.4) is 0 Å². The lowest BCUT2D eigenvalue weighted by atomic mass is 10.1. The number of carboxylic acids is 1. The van der Waals surface area contributed by atoms with Crippen molar-refractivity contribution in [2.45, 2.75) is 6.54 Å². The summed E-state index contributed by atoms with van der Waals surface area (Å²) in [6, 6.07) is 2.06. The van der Waals surface area contributed by atoms with Gasteiger partial charge in [0.2, 0.25) is 6.39 Å². The van der Waals surface area contributed by atoms with Crippen LogP contribution >= 0.6 is 0 Å². The molecule has 0 amide bonds. The summed E-state index contributed by atoms with van der Waals surface area (Å²) in [6.07, 6.45) is 1.16. The molecule has 2 rings (SSSR count). The zero-order chi connectivity index (χ0) is 13.1. The molecule has 0 aliphatic rings. The lowest BCUT2D eigenvalue weighted by molar-refractivity contribution is 0.0692. The molecule has 0 aliphatic heterocycles. The van der Waals surface area contributed by atoms with Crippen LogP contribution in [-0.2, 0) is 6.54 Å². The molecule has 0 aliphatic carbocycles.